The first-order chi connectivity index (χ1) is 13.7. The van der Waals surface area contributed by atoms with E-state index in [0.29, 0.717) is 16.9 Å². The minimum Gasteiger partial charge on any atom is -0.390 e. The molecular formula is C27H48O2. The second kappa shape index (κ2) is 8.12. The van der Waals surface area contributed by atoms with Crippen LogP contribution in [0.3, 0.4) is 0 Å². The predicted octanol–water partition coefficient (Wildman–Crippen LogP) is 6.99. The van der Waals surface area contributed by atoms with E-state index >= 15 is 0 Å². The molecule has 0 bridgehead atoms. The molecule has 0 amide bonds. The van der Waals surface area contributed by atoms with Gasteiger partial charge in [0, 0.05) is 7.11 Å². The van der Waals surface area contributed by atoms with E-state index in [0.717, 1.165) is 36.0 Å². The lowest BCUT2D eigenvalue weighted by atomic mass is 9.44. The van der Waals surface area contributed by atoms with Crippen molar-refractivity contribution in [2.75, 3.05) is 7.11 Å². The summed E-state index contributed by atoms with van der Waals surface area (Å²) in [7, 11) is 1.92. The smallest absolute Gasteiger partial charge is 0.0591 e. The first kappa shape index (κ1) is 22.1. The lowest BCUT2D eigenvalue weighted by molar-refractivity contribution is -0.130. The molecule has 0 aliphatic heterocycles. The number of methoxy groups -OCH3 is 1. The molecule has 0 saturated heterocycles. The van der Waals surface area contributed by atoms with E-state index in [1.165, 1.54) is 77.0 Å². The minimum atomic E-state index is -0.490. The van der Waals surface area contributed by atoms with Gasteiger partial charge in [0.1, 0.15) is 0 Å². The topological polar surface area (TPSA) is 29.5 Å². The molecule has 0 aromatic carbocycles. The fourth-order valence-corrected chi connectivity index (χ4v) is 8.96. The van der Waals surface area contributed by atoms with Gasteiger partial charge in [-0.3, -0.25) is 0 Å². The molecule has 8 atom stereocenters. The summed E-state index contributed by atoms with van der Waals surface area (Å²) in [5, 5.41) is 10.0. The number of hydrogen-bond donors (Lipinski definition) is 1. The molecule has 4 fully saturated rings. The van der Waals surface area contributed by atoms with Gasteiger partial charge in [-0.25, -0.2) is 0 Å². The van der Waals surface area contributed by atoms with Gasteiger partial charge in [0.2, 0.25) is 0 Å². The second-order valence-corrected chi connectivity index (χ2v) is 12.7. The molecule has 0 heterocycles. The maximum Gasteiger partial charge on any atom is 0.0591 e. The Bertz CT molecular complexity index is 565. The highest BCUT2D eigenvalue weighted by molar-refractivity contribution is 5.09. The Morgan fingerprint density at radius 3 is 2.34 bits per heavy atom. The Morgan fingerprint density at radius 2 is 1.62 bits per heavy atom. The third kappa shape index (κ3) is 4.07. The fourth-order valence-electron chi connectivity index (χ4n) is 8.96. The molecule has 168 valence electrons. The maximum atomic E-state index is 10.0. The maximum absolute atomic E-state index is 10.0. The Balaban J connectivity index is 1.40. The average molecular weight is 405 g/mol. The first-order valence-corrected chi connectivity index (χ1v) is 12.9. The quantitative estimate of drug-likeness (QED) is 0.483. The summed E-state index contributed by atoms with van der Waals surface area (Å²) in [5.74, 6) is 4.80. The summed E-state index contributed by atoms with van der Waals surface area (Å²) in [4.78, 5) is 0. The van der Waals surface area contributed by atoms with Gasteiger partial charge in [-0.1, -0.05) is 26.7 Å². The molecule has 2 nitrogen and oxygen atoms in total. The predicted molar refractivity (Wildman–Crippen MR) is 121 cm³/mol. The van der Waals surface area contributed by atoms with E-state index < -0.39 is 5.60 Å². The molecule has 4 rings (SSSR count). The van der Waals surface area contributed by atoms with Gasteiger partial charge in [0.05, 0.1) is 11.7 Å². The third-order valence-electron chi connectivity index (χ3n) is 10.7. The van der Waals surface area contributed by atoms with Crippen LogP contribution in [0.1, 0.15) is 111 Å². The van der Waals surface area contributed by atoms with E-state index in [9.17, 15) is 5.11 Å². The van der Waals surface area contributed by atoms with E-state index in [4.69, 9.17) is 4.74 Å². The molecule has 0 aromatic heterocycles. The molecule has 0 spiro atoms. The van der Waals surface area contributed by atoms with Crippen LogP contribution in [0.4, 0.5) is 0 Å². The fraction of sp³-hybridized carbons (Fsp3) is 1.00. The molecule has 0 aromatic rings. The Labute approximate surface area is 180 Å². The van der Waals surface area contributed by atoms with Crippen molar-refractivity contribution in [2.45, 2.75) is 123 Å². The standard InChI is InChI=1S/C27H48O2/c1-25(2,28)15-7-6-8-19-10-12-23-22-11-9-20-18-21(29-5)13-16-27(20,4)24(22)14-17-26(19,23)3/h19-24,28H,6-18H2,1-5H3. The van der Waals surface area contributed by atoms with Gasteiger partial charge in [0.15, 0.2) is 0 Å². The lowest BCUT2D eigenvalue weighted by Gasteiger charge is -2.61. The monoisotopic (exact) mass is 404 g/mol. The van der Waals surface area contributed by atoms with Crippen LogP contribution in [0.5, 0.6) is 0 Å². The number of hydrogen-bond acceptors (Lipinski definition) is 2. The van der Waals surface area contributed by atoms with Crippen LogP contribution in [0.15, 0.2) is 0 Å². The van der Waals surface area contributed by atoms with E-state index in [-0.39, 0.29) is 0 Å². The van der Waals surface area contributed by atoms with Crippen molar-refractivity contribution >= 4 is 0 Å². The molecule has 4 saturated carbocycles. The highest BCUT2D eigenvalue weighted by Gasteiger charge is 2.59. The Kier molecular flexibility index (Phi) is 6.19. The molecule has 4 aliphatic rings. The van der Waals surface area contributed by atoms with Crippen molar-refractivity contribution < 1.29 is 9.84 Å². The van der Waals surface area contributed by atoms with Crippen molar-refractivity contribution in [3.05, 3.63) is 0 Å². The third-order valence-corrected chi connectivity index (χ3v) is 10.7. The summed E-state index contributed by atoms with van der Waals surface area (Å²) < 4.78 is 5.77. The van der Waals surface area contributed by atoms with Crippen molar-refractivity contribution in [3.63, 3.8) is 0 Å². The number of aliphatic hydroxyl groups is 1. The van der Waals surface area contributed by atoms with E-state index in [1.54, 1.807) is 0 Å². The molecule has 0 radical (unpaired) electrons. The summed E-state index contributed by atoms with van der Waals surface area (Å²) in [6.07, 6.45) is 18.3. The number of rotatable bonds is 6. The van der Waals surface area contributed by atoms with Crippen molar-refractivity contribution in [1.82, 2.24) is 0 Å². The summed E-state index contributed by atoms with van der Waals surface area (Å²) >= 11 is 0. The summed E-state index contributed by atoms with van der Waals surface area (Å²) in [6.45, 7) is 9.26. The number of ether oxygens (including phenoxy) is 1. The highest BCUT2D eigenvalue weighted by Crippen LogP contribution is 2.68. The van der Waals surface area contributed by atoms with Gasteiger partial charge in [-0.2, -0.15) is 0 Å². The second-order valence-electron chi connectivity index (χ2n) is 12.7. The van der Waals surface area contributed by atoms with Crippen LogP contribution in [0.2, 0.25) is 0 Å². The Hall–Kier alpha value is -0.0800. The van der Waals surface area contributed by atoms with Crippen LogP contribution in [0.25, 0.3) is 0 Å². The molecular weight excluding hydrogens is 356 g/mol. The highest BCUT2D eigenvalue weighted by atomic mass is 16.5. The summed E-state index contributed by atoms with van der Waals surface area (Å²) in [5.41, 5.74) is 0.697. The molecule has 2 heteroatoms. The van der Waals surface area contributed by atoms with Crippen LogP contribution >= 0.6 is 0 Å². The van der Waals surface area contributed by atoms with E-state index in [1.807, 2.05) is 21.0 Å². The zero-order valence-electron chi connectivity index (χ0n) is 20.0. The van der Waals surface area contributed by atoms with Crippen LogP contribution < -0.4 is 0 Å². The molecule has 1 N–H and O–H groups in total. The van der Waals surface area contributed by atoms with Gasteiger partial charge in [-0.15, -0.1) is 0 Å². The van der Waals surface area contributed by atoms with Crippen molar-refractivity contribution in [1.29, 1.82) is 0 Å². The number of fused-ring (bicyclic) bond motifs is 5. The van der Waals surface area contributed by atoms with Gasteiger partial charge in [0.25, 0.3) is 0 Å². The Morgan fingerprint density at radius 1 is 0.897 bits per heavy atom. The molecule has 8 unspecified atom stereocenters. The van der Waals surface area contributed by atoms with Crippen LogP contribution in [-0.4, -0.2) is 23.9 Å². The molecule has 4 aliphatic carbocycles. The zero-order valence-corrected chi connectivity index (χ0v) is 20.0. The van der Waals surface area contributed by atoms with Crippen molar-refractivity contribution in [2.24, 2.45) is 40.4 Å². The van der Waals surface area contributed by atoms with Gasteiger partial charge in [-0.05, 0) is 125 Å². The molecule has 29 heavy (non-hydrogen) atoms. The lowest BCUT2D eigenvalue weighted by Crippen LogP contribution is -2.54. The zero-order chi connectivity index (χ0) is 20.9. The van der Waals surface area contributed by atoms with Gasteiger partial charge >= 0.3 is 0 Å². The van der Waals surface area contributed by atoms with Gasteiger partial charge < -0.3 is 9.84 Å². The van der Waals surface area contributed by atoms with E-state index in [2.05, 4.69) is 13.8 Å². The summed E-state index contributed by atoms with van der Waals surface area (Å²) in [6, 6.07) is 0. The SMILES string of the molecule is COC1CCC2(C)C(CCC3C4CCC(CCCCC(C)(C)O)C4(C)CCC32)C1. The normalized spacial score (nSPS) is 47.4. The average Bonchev–Trinajstić information content (AvgIpc) is 3.00. The van der Waals surface area contributed by atoms with Crippen LogP contribution in [-0.2, 0) is 4.74 Å². The number of unbranched alkanes of at least 4 members (excludes halogenated alkanes) is 1. The minimum absolute atomic E-state index is 0.490. The first-order valence-electron chi connectivity index (χ1n) is 12.9. The van der Waals surface area contributed by atoms with Crippen LogP contribution in [0, 0.1) is 40.4 Å². The largest absolute Gasteiger partial charge is 0.390 e. The van der Waals surface area contributed by atoms with Crippen molar-refractivity contribution in [3.8, 4) is 0 Å².